The number of nitrogens with two attached hydrogens (primary N) is 1. The minimum Gasteiger partial charge on any atom is -0.326 e. The zero-order chi connectivity index (χ0) is 10.7. The van der Waals surface area contributed by atoms with E-state index >= 15 is 0 Å². The van der Waals surface area contributed by atoms with Crippen molar-refractivity contribution in [3.05, 3.63) is 33.8 Å². The fourth-order valence-electron chi connectivity index (χ4n) is 2.14. The highest BCUT2D eigenvalue weighted by Crippen LogP contribution is 2.23. The molecule has 2 nitrogen and oxygen atoms in total. The molecule has 0 unspecified atom stereocenters. The number of halogens is 1. The highest BCUT2D eigenvalue weighted by atomic mass is 79.9. The molecule has 82 valence electrons. The van der Waals surface area contributed by atoms with Crippen LogP contribution in [0.1, 0.15) is 24.0 Å². The van der Waals surface area contributed by atoms with E-state index in [0.29, 0.717) is 6.54 Å². The quantitative estimate of drug-likeness (QED) is 0.913. The molecule has 2 rings (SSSR count). The number of hydrogen-bond acceptors (Lipinski definition) is 2. The van der Waals surface area contributed by atoms with Crippen LogP contribution >= 0.6 is 15.9 Å². The van der Waals surface area contributed by atoms with Crippen LogP contribution in [0.2, 0.25) is 0 Å². The molecule has 3 heteroatoms. The molecule has 0 aromatic heterocycles. The number of nitrogens with zero attached hydrogens (tertiary/aromatic N) is 1. The maximum absolute atomic E-state index is 5.75. The van der Waals surface area contributed by atoms with Crippen LogP contribution in [-0.2, 0) is 13.1 Å². The second-order valence-corrected chi connectivity index (χ2v) is 4.92. The van der Waals surface area contributed by atoms with Gasteiger partial charge in [0.25, 0.3) is 0 Å². The Morgan fingerprint density at radius 3 is 2.67 bits per heavy atom. The SMILES string of the molecule is NCc1cccc(Br)c1CN1CCCC1. The Kier molecular flexibility index (Phi) is 3.78. The summed E-state index contributed by atoms with van der Waals surface area (Å²) in [6.45, 7) is 4.12. The summed E-state index contributed by atoms with van der Waals surface area (Å²) in [5.74, 6) is 0. The minimum atomic E-state index is 0.628. The Labute approximate surface area is 99.6 Å². The van der Waals surface area contributed by atoms with Crippen molar-refractivity contribution in [1.82, 2.24) is 4.90 Å². The summed E-state index contributed by atoms with van der Waals surface area (Å²) in [7, 11) is 0. The van der Waals surface area contributed by atoms with Crippen LogP contribution in [0.15, 0.2) is 22.7 Å². The Hall–Kier alpha value is -0.380. The van der Waals surface area contributed by atoms with Crippen molar-refractivity contribution in [3.63, 3.8) is 0 Å². The smallest absolute Gasteiger partial charge is 0.0248 e. The molecule has 15 heavy (non-hydrogen) atoms. The Morgan fingerprint density at radius 1 is 1.27 bits per heavy atom. The molecule has 0 atom stereocenters. The number of hydrogen-bond donors (Lipinski definition) is 1. The molecule has 1 fully saturated rings. The largest absolute Gasteiger partial charge is 0.326 e. The molecule has 0 radical (unpaired) electrons. The summed E-state index contributed by atoms with van der Waals surface area (Å²) in [6, 6.07) is 6.28. The van der Waals surface area contributed by atoms with Crippen molar-refractivity contribution >= 4 is 15.9 Å². The molecule has 1 aliphatic rings. The zero-order valence-electron chi connectivity index (χ0n) is 8.88. The van der Waals surface area contributed by atoms with Crippen molar-refractivity contribution in [1.29, 1.82) is 0 Å². The van der Waals surface area contributed by atoms with Crippen LogP contribution in [0.3, 0.4) is 0 Å². The van der Waals surface area contributed by atoms with Gasteiger partial charge in [-0.15, -0.1) is 0 Å². The first-order valence-corrected chi connectivity index (χ1v) is 6.29. The second kappa shape index (κ2) is 5.10. The van der Waals surface area contributed by atoms with E-state index in [1.807, 2.05) is 0 Å². The zero-order valence-corrected chi connectivity index (χ0v) is 10.5. The van der Waals surface area contributed by atoms with Gasteiger partial charge in [-0.2, -0.15) is 0 Å². The van der Waals surface area contributed by atoms with Crippen LogP contribution in [-0.4, -0.2) is 18.0 Å². The molecule has 0 aliphatic carbocycles. The minimum absolute atomic E-state index is 0.628. The van der Waals surface area contributed by atoms with Crippen LogP contribution in [0, 0.1) is 0 Å². The monoisotopic (exact) mass is 268 g/mol. The van der Waals surface area contributed by atoms with Gasteiger partial charge in [-0.05, 0) is 43.1 Å². The Bertz CT molecular complexity index is 332. The molecule has 1 saturated heterocycles. The molecule has 1 aromatic carbocycles. The third kappa shape index (κ3) is 2.60. The first kappa shape index (κ1) is 11.1. The van der Waals surface area contributed by atoms with E-state index in [9.17, 15) is 0 Å². The molecular formula is C12H17BrN2. The van der Waals surface area contributed by atoms with Crippen molar-refractivity contribution in [3.8, 4) is 0 Å². The maximum atomic E-state index is 5.75. The summed E-state index contributed by atoms with van der Waals surface area (Å²) in [5, 5.41) is 0. The van der Waals surface area contributed by atoms with Gasteiger partial charge in [-0.25, -0.2) is 0 Å². The number of rotatable bonds is 3. The van der Waals surface area contributed by atoms with E-state index in [0.717, 1.165) is 6.54 Å². The average molecular weight is 269 g/mol. The first-order chi connectivity index (χ1) is 7.31. The lowest BCUT2D eigenvalue weighted by atomic mass is 10.1. The molecule has 1 heterocycles. The summed E-state index contributed by atoms with van der Waals surface area (Å²) in [5.41, 5.74) is 8.38. The second-order valence-electron chi connectivity index (χ2n) is 4.06. The third-order valence-electron chi connectivity index (χ3n) is 3.02. The van der Waals surface area contributed by atoms with E-state index in [1.54, 1.807) is 0 Å². The topological polar surface area (TPSA) is 29.3 Å². The van der Waals surface area contributed by atoms with Crippen molar-refractivity contribution < 1.29 is 0 Å². The van der Waals surface area contributed by atoms with Gasteiger partial charge in [-0.3, -0.25) is 4.90 Å². The molecule has 1 aliphatic heterocycles. The van der Waals surface area contributed by atoms with Crippen LogP contribution in [0.5, 0.6) is 0 Å². The molecular weight excluding hydrogens is 252 g/mol. The van der Waals surface area contributed by atoms with Gasteiger partial charge in [0.1, 0.15) is 0 Å². The predicted octanol–water partition coefficient (Wildman–Crippen LogP) is 2.50. The lowest BCUT2D eigenvalue weighted by Gasteiger charge is -2.18. The number of likely N-dealkylation sites (tertiary alicyclic amines) is 1. The highest BCUT2D eigenvalue weighted by molar-refractivity contribution is 9.10. The Balaban J connectivity index is 2.17. The number of benzene rings is 1. The fourth-order valence-corrected chi connectivity index (χ4v) is 2.67. The molecule has 0 spiro atoms. The van der Waals surface area contributed by atoms with Crippen molar-refractivity contribution in [2.24, 2.45) is 5.73 Å². The summed E-state index contributed by atoms with van der Waals surface area (Å²) >= 11 is 3.61. The maximum Gasteiger partial charge on any atom is 0.0248 e. The van der Waals surface area contributed by atoms with Crippen LogP contribution in [0.25, 0.3) is 0 Å². The van der Waals surface area contributed by atoms with Crippen molar-refractivity contribution in [2.75, 3.05) is 13.1 Å². The van der Waals surface area contributed by atoms with Crippen molar-refractivity contribution in [2.45, 2.75) is 25.9 Å². The van der Waals surface area contributed by atoms with E-state index in [4.69, 9.17) is 5.73 Å². The van der Waals surface area contributed by atoms with Gasteiger partial charge in [0.2, 0.25) is 0 Å². The fraction of sp³-hybridized carbons (Fsp3) is 0.500. The van der Waals surface area contributed by atoms with Gasteiger partial charge in [0.15, 0.2) is 0 Å². The lowest BCUT2D eigenvalue weighted by molar-refractivity contribution is 0.329. The average Bonchev–Trinajstić information content (AvgIpc) is 2.74. The Morgan fingerprint density at radius 2 is 2.00 bits per heavy atom. The summed E-state index contributed by atoms with van der Waals surface area (Å²) in [4.78, 5) is 2.50. The normalized spacial score (nSPS) is 17.2. The molecule has 2 N–H and O–H groups in total. The van der Waals surface area contributed by atoms with Gasteiger partial charge in [0.05, 0.1) is 0 Å². The molecule has 1 aromatic rings. The van der Waals surface area contributed by atoms with E-state index in [-0.39, 0.29) is 0 Å². The van der Waals surface area contributed by atoms with Gasteiger partial charge in [-0.1, -0.05) is 28.1 Å². The lowest BCUT2D eigenvalue weighted by Crippen LogP contribution is -2.20. The van der Waals surface area contributed by atoms with Gasteiger partial charge in [0, 0.05) is 17.6 Å². The van der Waals surface area contributed by atoms with Gasteiger partial charge < -0.3 is 5.73 Å². The molecule has 0 amide bonds. The van der Waals surface area contributed by atoms with Crippen LogP contribution in [0.4, 0.5) is 0 Å². The molecule has 0 bridgehead atoms. The summed E-state index contributed by atoms with van der Waals surface area (Å²) < 4.78 is 1.19. The third-order valence-corrected chi connectivity index (χ3v) is 3.76. The first-order valence-electron chi connectivity index (χ1n) is 5.50. The highest BCUT2D eigenvalue weighted by Gasteiger charge is 2.14. The standard InChI is InChI=1S/C12H17BrN2/c13-12-5-3-4-10(8-14)11(12)9-15-6-1-2-7-15/h3-5H,1-2,6-9,14H2. The summed E-state index contributed by atoms with van der Waals surface area (Å²) in [6.07, 6.45) is 2.67. The predicted molar refractivity (Wildman–Crippen MR) is 66.5 cm³/mol. The van der Waals surface area contributed by atoms with Crippen LogP contribution < -0.4 is 5.73 Å². The van der Waals surface area contributed by atoms with E-state index in [1.165, 1.54) is 41.5 Å². The van der Waals surface area contributed by atoms with E-state index < -0.39 is 0 Å². The molecule has 0 saturated carbocycles. The van der Waals surface area contributed by atoms with Gasteiger partial charge >= 0.3 is 0 Å². The van der Waals surface area contributed by atoms with E-state index in [2.05, 4.69) is 39.0 Å².